The van der Waals surface area contributed by atoms with Crippen LogP contribution in [0.5, 0.6) is 0 Å². The number of carbonyl (C=O) groups is 2. The van der Waals surface area contributed by atoms with Crippen molar-refractivity contribution >= 4 is 35.5 Å². The molecule has 0 unspecified atom stereocenters. The fourth-order valence-electron chi connectivity index (χ4n) is 7.10. The molecular weight excluding hydrogens is 839 g/mol. The van der Waals surface area contributed by atoms with Crippen LogP contribution in [0.4, 0.5) is 43.9 Å². The summed E-state index contributed by atoms with van der Waals surface area (Å²) in [5.74, 6) is -2.51. The first kappa shape index (κ1) is 54.3. The van der Waals surface area contributed by atoms with Gasteiger partial charge in [-0.25, -0.2) is 37.1 Å². The van der Waals surface area contributed by atoms with Crippen LogP contribution in [0.15, 0.2) is 0 Å². The predicted molar refractivity (Wildman–Crippen MR) is 213 cm³/mol. The second-order valence-electron chi connectivity index (χ2n) is 14.9. The van der Waals surface area contributed by atoms with Gasteiger partial charge in [0, 0.05) is 22.0 Å². The largest absolute Gasteiger partial charge is 0.465 e. The number of ether oxygens (including phenoxy) is 2. The van der Waals surface area contributed by atoms with Crippen molar-refractivity contribution in [2.75, 3.05) is 14.2 Å². The van der Waals surface area contributed by atoms with E-state index in [1.54, 1.807) is 27.7 Å². The van der Waals surface area contributed by atoms with E-state index in [0.717, 1.165) is 72.0 Å². The highest BCUT2D eigenvalue weighted by molar-refractivity contribution is 7.99. The zero-order chi connectivity index (χ0) is 42.8. The van der Waals surface area contributed by atoms with Crippen molar-refractivity contribution in [2.24, 2.45) is 11.8 Å². The molecule has 2 aliphatic carbocycles. The first-order chi connectivity index (χ1) is 26.6. The summed E-state index contributed by atoms with van der Waals surface area (Å²) >= 11 is 2.76. The van der Waals surface area contributed by atoms with Crippen molar-refractivity contribution in [1.29, 1.82) is 0 Å². The average Bonchev–Trinajstić information content (AvgIpc) is 3.65. The van der Waals surface area contributed by atoms with Gasteiger partial charge in [-0.3, -0.25) is 0 Å². The highest BCUT2D eigenvalue weighted by atomic mass is 32.2. The molecule has 2 heterocycles. The van der Waals surface area contributed by atoms with Crippen LogP contribution in [0.1, 0.15) is 179 Å². The molecule has 338 valence electrons. The molecule has 0 aromatic carbocycles. The van der Waals surface area contributed by atoms with E-state index in [4.69, 9.17) is 0 Å². The fourth-order valence-corrected chi connectivity index (χ4v) is 9.86. The number of halogens is 10. The summed E-state index contributed by atoms with van der Waals surface area (Å²) in [7, 11) is 2.03. The number of pyridine rings is 2. The lowest BCUT2D eigenvalue weighted by Crippen LogP contribution is -2.23. The molecule has 0 radical (unpaired) electrons. The van der Waals surface area contributed by atoms with Gasteiger partial charge in [-0.15, -0.1) is 0 Å². The third-order valence-corrected chi connectivity index (χ3v) is 12.4. The topological polar surface area (TPSA) is 78.4 Å². The molecule has 2 aromatic rings. The van der Waals surface area contributed by atoms with Crippen molar-refractivity contribution in [3.05, 3.63) is 56.2 Å². The van der Waals surface area contributed by atoms with Crippen molar-refractivity contribution < 1.29 is 63.0 Å². The molecule has 2 aromatic heterocycles. The van der Waals surface area contributed by atoms with Crippen molar-refractivity contribution in [3.63, 3.8) is 0 Å². The van der Waals surface area contributed by atoms with Gasteiger partial charge in [-0.2, -0.15) is 49.9 Å². The molecular formula is C41H58F10N2O4S2. The number of thioether (sulfide) groups is 2. The Morgan fingerprint density at radius 1 is 0.593 bits per heavy atom. The molecule has 2 aliphatic rings. The number of esters is 2. The number of alkyl halides is 10. The van der Waals surface area contributed by atoms with Crippen molar-refractivity contribution in [1.82, 2.24) is 9.97 Å². The fraction of sp³-hybridized carbons (Fsp3) is 0.707. The van der Waals surface area contributed by atoms with Gasteiger partial charge in [0.05, 0.1) is 25.3 Å². The molecule has 0 saturated heterocycles. The Kier molecular flexibility index (Phi) is 22.1. The lowest BCUT2D eigenvalue weighted by atomic mass is 9.91. The minimum atomic E-state index is -4.90. The molecule has 0 atom stereocenters. The summed E-state index contributed by atoms with van der Waals surface area (Å²) in [6.45, 7) is 7.03. The third-order valence-electron chi connectivity index (χ3n) is 9.62. The molecule has 0 amide bonds. The Morgan fingerprint density at radius 3 is 1.15 bits per heavy atom. The Labute approximate surface area is 350 Å². The third kappa shape index (κ3) is 15.0. The van der Waals surface area contributed by atoms with E-state index in [-0.39, 0.29) is 83.8 Å². The van der Waals surface area contributed by atoms with Crippen LogP contribution in [0.25, 0.3) is 0 Å². The minimum Gasteiger partial charge on any atom is -0.465 e. The molecule has 18 heteroatoms. The standard InChI is InChI=1S/C20H26F5NO2S.C19H24F5NO2S.2CH4/c1-11(2)9-13-14(10-29-12-7-5-4-6-8-12)17(20(23,24)25)26-16(18(21)22)15(13)19(27)28-3;1-10(2)8-12-13(9-28-11-6-4-5-7-11)16(19(22,23)24)25-15(17(20)21)14(12)18(26)27-3;;/h11-12,18H,4-10H2,1-3H3;10-11,17H,4-9H2,1-3H3;2*1H4. The quantitative estimate of drug-likeness (QED) is 0.137. The highest BCUT2D eigenvalue weighted by Crippen LogP contribution is 2.43. The summed E-state index contributed by atoms with van der Waals surface area (Å²) in [6.07, 6.45) is -7.45. The minimum absolute atomic E-state index is 0. The van der Waals surface area contributed by atoms with E-state index in [1.165, 1.54) is 23.5 Å². The number of rotatable bonds is 14. The molecule has 6 nitrogen and oxygen atoms in total. The molecule has 2 saturated carbocycles. The first-order valence-corrected chi connectivity index (χ1v) is 20.9. The maximum atomic E-state index is 13.8. The maximum absolute atomic E-state index is 13.8. The summed E-state index contributed by atoms with van der Waals surface area (Å²) in [4.78, 5) is 31.0. The van der Waals surface area contributed by atoms with E-state index in [9.17, 15) is 53.5 Å². The number of hydrogen-bond acceptors (Lipinski definition) is 8. The van der Waals surface area contributed by atoms with Gasteiger partial charge in [0.1, 0.15) is 22.8 Å². The first-order valence-electron chi connectivity index (χ1n) is 18.8. The van der Waals surface area contributed by atoms with Crippen LogP contribution in [0.2, 0.25) is 0 Å². The van der Waals surface area contributed by atoms with E-state index >= 15 is 0 Å². The lowest BCUT2D eigenvalue weighted by Gasteiger charge is -2.25. The summed E-state index contributed by atoms with van der Waals surface area (Å²) < 4.78 is 146. The van der Waals surface area contributed by atoms with Gasteiger partial charge in [0.2, 0.25) is 0 Å². The van der Waals surface area contributed by atoms with Crippen LogP contribution in [-0.4, -0.2) is 46.6 Å². The van der Waals surface area contributed by atoms with Crippen molar-refractivity contribution in [3.8, 4) is 0 Å². The Balaban J connectivity index is 0.000000571. The zero-order valence-electron chi connectivity index (χ0n) is 32.8. The van der Waals surface area contributed by atoms with Gasteiger partial charge >= 0.3 is 24.3 Å². The summed E-state index contributed by atoms with van der Waals surface area (Å²) in [5.41, 5.74) is -6.41. The lowest BCUT2D eigenvalue weighted by molar-refractivity contribution is -0.142. The number of aromatic nitrogens is 2. The summed E-state index contributed by atoms with van der Waals surface area (Å²) in [6, 6.07) is 0. The second kappa shape index (κ2) is 24.0. The highest BCUT2D eigenvalue weighted by Gasteiger charge is 2.42. The Morgan fingerprint density at radius 2 is 0.898 bits per heavy atom. The van der Waals surface area contributed by atoms with Crippen LogP contribution < -0.4 is 0 Å². The number of carbonyl (C=O) groups excluding carboxylic acids is 2. The monoisotopic (exact) mass is 896 g/mol. The smallest absolute Gasteiger partial charge is 0.433 e. The molecule has 0 aliphatic heterocycles. The second-order valence-corrected chi connectivity index (χ2v) is 17.5. The molecule has 59 heavy (non-hydrogen) atoms. The van der Waals surface area contributed by atoms with Crippen LogP contribution in [0.3, 0.4) is 0 Å². The predicted octanol–water partition coefficient (Wildman–Crippen LogP) is 14.1. The van der Waals surface area contributed by atoms with Crippen LogP contribution >= 0.6 is 23.5 Å². The number of methoxy groups -OCH3 is 2. The van der Waals surface area contributed by atoms with Gasteiger partial charge < -0.3 is 9.47 Å². The van der Waals surface area contributed by atoms with E-state index in [1.807, 2.05) is 0 Å². The Hall–Kier alpha value is -2.76. The SMILES string of the molecule is C.C.COC(=O)c1c(C(F)F)nc(C(F)(F)F)c(CSC2CCCC2)c1CC(C)C.COC(=O)c1c(C(F)F)nc(C(F)(F)F)c(CSC2CCCCC2)c1CC(C)C. The van der Waals surface area contributed by atoms with Gasteiger partial charge in [0.15, 0.2) is 0 Å². The number of nitrogens with zero attached hydrogens (tertiary/aromatic N) is 2. The van der Waals surface area contributed by atoms with E-state index in [0.29, 0.717) is 0 Å². The van der Waals surface area contributed by atoms with Gasteiger partial charge in [0.25, 0.3) is 12.9 Å². The van der Waals surface area contributed by atoms with Crippen LogP contribution in [0, 0.1) is 11.8 Å². The molecule has 0 N–H and O–H groups in total. The average molecular weight is 897 g/mol. The maximum Gasteiger partial charge on any atom is 0.433 e. The van der Waals surface area contributed by atoms with Gasteiger partial charge in [-0.1, -0.05) is 74.7 Å². The normalized spacial score (nSPS) is 15.3. The molecule has 0 spiro atoms. The van der Waals surface area contributed by atoms with Crippen LogP contribution in [-0.2, 0) is 46.2 Å². The molecule has 0 bridgehead atoms. The Bertz CT molecular complexity index is 1660. The molecule has 4 rings (SSSR count). The molecule has 2 fully saturated rings. The van der Waals surface area contributed by atoms with E-state index < -0.39 is 71.0 Å². The van der Waals surface area contributed by atoms with Gasteiger partial charge in [-0.05, 0) is 72.6 Å². The van der Waals surface area contributed by atoms with E-state index in [2.05, 4.69) is 19.4 Å². The summed E-state index contributed by atoms with van der Waals surface area (Å²) in [5, 5.41) is 0.442. The number of hydrogen-bond donors (Lipinski definition) is 0. The zero-order valence-corrected chi connectivity index (χ0v) is 34.4. The van der Waals surface area contributed by atoms with Crippen molar-refractivity contribution in [2.45, 2.75) is 160 Å².